The molecular formula is C20H22ClN3O2. The Morgan fingerprint density at radius 2 is 2.00 bits per heavy atom. The Bertz CT molecular complexity index is 803. The SMILES string of the molecule is Clc1ccc(C2(CC3CC3)Oc3cccc(N4CCNCC4)c3O2)nc1. The van der Waals surface area contributed by atoms with E-state index in [0.717, 1.165) is 55.5 Å². The molecule has 5 rings (SSSR count). The van der Waals surface area contributed by atoms with Crippen LogP contribution < -0.4 is 19.7 Å². The second kappa shape index (κ2) is 6.32. The lowest BCUT2D eigenvalue weighted by atomic mass is 10.0. The van der Waals surface area contributed by atoms with E-state index < -0.39 is 5.79 Å². The van der Waals surface area contributed by atoms with Crippen molar-refractivity contribution in [1.82, 2.24) is 10.3 Å². The smallest absolute Gasteiger partial charge is 0.295 e. The van der Waals surface area contributed by atoms with E-state index in [1.54, 1.807) is 6.20 Å². The van der Waals surface area contributed by atoms with Crippen LogP contribution in [-0.4, -0.2) is 31.2 Å². The van der Waals surface area contributed by atoms with Crippen molar-refractivity contribution in [3.05, 3.63) is 47.2 Å². The van der Waals surface area contributed by atoms with Crippen molar-refractivity contribution in [2.75, 3.05) is 31.1 Å². The molecule has 1 saturated heterocycles. The molecule has 5 nitrogen and oxygen atoms in total. The zero-order valence-corrected chi connectivity index (χ0v) is 15.3. The third kappa shape index (κ3) is 2.89. The first-order valence-corrected chi connectivity index (χ1v) is 9.70. The molecule has 0 radical (unpaired) electrons. The summed E-state index contributed by atoms with van der Waals surface area (Å²) in [4.78, 5) is 6.90. The van der Waals surface area contributed by atoms with E-state index in [0.29, 0.717) is 10.9 Å². The standard InChI is InChI=1S/C20H22ClN3O2/c21-15-6-7-18(23-13-15)20(12-14-4-5-14)25-17-3-1-2-16(19(17)26-20)24-10-8-22-9-11-24/h1-3,6-7,13-14,22H,4-5,8-12H2. The van der Waals surface area contributed by atoms with Gasteiger partial charge in [-0.25, -0.2) is 0 Å². The number of ether oxygens (including phenoxy) is 2. The van der Waals surface area contributed by atoms with E-state index in [2.05, 4.69) is 21.3 Å². The minimum atomic E-state index is -0.849. The van der Waals surface area contributed by atoms with Gasteiger partial charge in [0.25, 0.3) is 5.79 Å². The number of hydrogen-bond donors (Lipinski definition) is 1. The molecule has 0 spiro atoms. The Hall–Kier alpha value is -1.98. The van der Waals surface area contributed by atoms with Gasteiger partial charge in [-0.05, 0) is 43.0 Å². The number of halogens is 1. The first-order chi connectivity index (χ1) is 12.7. The summed E-state index contributed by atoms with van der Waals surface area (Å²) in [5.74, 6) is 1.42. The summed E-state index contributed by atoms with van der Waals surface area (Å²) < 4.78 is 13.0. The highest BCUT2D eigenvalue weighted by Gasteiger charge is 2.49. The van der Waals surface area contributed by atoms with Gasteiger partial charge >= 0.3 is 0 Å². The molecule has 136 valence electrons. The van der Waals surface area contributed by atoms with Gasteiger partial charge in [-0.1, -0.05) is 17.7 Å². The third-order valence-corrected chi connectivity index (χ3v) is 5.55. The summed E-state index contributed by atoms with van der Waals surface area (Å²) in [5.41, 5.74) is 1.90. The van der Waals surface area contributed by atoms with Crippen molar-refractivity contribution in [2.45, 2.75) is 25.0 Å². The molecule has 1 aliphatic carbocycles. The van der Waals surface area contributed by atoms with Crippen molar-refractivity contribution in [2.24, 2.45) is 5.92 Å². The molecule has 0 amide bonds. The molecule has 3 aliphatic rings. The fourth-order valence-electron chi connectivity index (χ4n) is 3.80. The number of nitrogens with zero attached hydrogens (tertiary/aromatic N) is 2. The first kappa shape index (κ1) is 16.2. The summed E-state index contributed by atoms with van der Waals surface area (Å²) in [7, 11) is 0. The van der Waals surface area contributed by atoms with Crippen LogP contribution in [-0.2, 0) is 5.79 Å². The van der Waals surface area contributed by atoms with Crippen molar-refractivity contribution in [3.63, 3.8) is 0 Å². The van der Waals surface area contributed by atoms with Gasteiger partial charge in [-0.2, -0.15) is 0 Å². The van der Waals surface area contributed by atoms with Crippen LogP contribution in [0, 0.1) is 5.92 Å². The lowest BCUT2D eigenvalue weighted by Crippen LogP contribution is -2.43. The number of piperazine rings is 1. The number of hydrogen-bond acceptors (Lipinski definition) is 5. The summed E-state index contributed by atoms with van der Waals surface area (Å²) in [5, 5.41) is 4.02. The summed E-state index contributed by atoms with van der Waals surface area (Å²) in [6.45, 7) is 3.90. The highest BCUT2D eigenvalue weighted by atomic mass is 35.5. The number of para-hydroxylation sites is 1. The van der Waals surface area contributed by atoms with Crippen LogP contribution in [0.25, 0.3) is 0 Å². The van der Waals surface area contributed by atoms with Gasteiger partial charge in [-0.15, -0.1) is 0 Å². The van der Waals surface area contributed by atoms with E-state index in [1.165, 1.54) is 12.8 Å². The van der Waals surface area contributed by atoms with E-state index >= 15 is 0 Å². The van der Waals surface area contributed by atoms with Gasteiger partial charge in [0, 0.05) is 38.8 Å². The maximum absolute atomic E-state index is 6.57. The molecule has 1 aromatic heterocycles. The zero-order valence-electron chi connectivity index (χ0n) is 14.6. The molecule has 2 aliphatic heterocycles. The number of anilines is 1. The molecule has 0 bridgehead atoms. The van der Waals surface area contributed by atoms with Crippen molar-refractivity contribution >= 4 is 17.3 Å². The van der Waals surface area contributed by atoms with Gasteiger partial charge in [0.05, 0.1) is 10.7 Å². The predicted octanol–water partition coefficient (Wildman–Crippen LogP) is 3.57. The van der Waals surface area contributed by atoms with Gasteiger partial charge in [-0.3, -0.25) is 4.98 Å². The quantitative estimate of drug-likeness (QED) is 0.890. The fourth-order valence-corrected chi connectivity index (χ4v) is 3.91. The molecule has 3 heterocycles. The molecule has 1 aromatic carbocycles. The Labute approximate surface area is 158 Å². The van der Waals surface area contributed by atoms with Crippen LogP contribution >= 0.6 is 11.6 Å². The Balaban J connectivity index is 1.52. The summed E-state index contributed by atoms with van der Waals surface area (Å²) in [6, 6.07) is 9.93. The average Bonchev–Trinajstić information content (AvgIpc) is 3.39. The highest BCUT2D eigenvalue weighted by Crippen LogP contribution is 2.53. The molecule has 2 aromatic rings. The second-order valence-corrected chi connectivity index (χ2v) is 7.74. The largest absolute Gasteiger partial charge is 0.443 e. The number of nitrogens with one attached hydrogen (secondary N) is 1. The van der Waals surface area contributed by atoms with Crippen LogP contribution in [0.5, 0.6) is 11.5 Å². The lowest BCUT2D eigenvalue weighted by molar-refractivity contribution is -0.100. The molecule has 1 saturated carbocycles. The number of pyridine rings is 1. The molecule has 2 fully saturated rings. The lowest BCUT2D eigenvalue weighted by Gasteiger charge is -2.31. The Morgan fingerprint density at radius 3 is 2.73 bits per heavy atom. The van der Waals surface area contributed by atoms with E-state index in [9.17, 15) is 0 Å². The topological polar surface area (TPSA) is 46.6 Å². The highest BCUT2D eigenvalue weighted by molar-refractivity contribution is 6.30. The van der Waals surface area contributed by atoms with E-state index in [-0.39, 0.29) is 0 Å². The van der Waals surface area contributed by atoms with E-state index in [4.69, 9.17) is 21.1 Å². The molecule has 26 heavy (non-hydrogen) atoms. The van der Waals surface area contributed by atoms with Crippen molar-refractivity contribution in [1.29, 1.82) is 0 Å². The van der Waals surface area contributed by atoms with Crippen LogP contribution in [0.4, 0.5) is 5.69 Å². The fraction of sp³-hybridized carbons (Fsp3) is 0.450. The minimum Gasteiger partial charge on any atom is -0.443 e. The summed E-state index contributed by atoms with van der Waals surface area (Å²) >= 11 is 6.04. The van der Waals surface area contributed by atoms with Gasteiger partial charge in [0.15, 0.2) is 11.5 Å². The van der Waals surface area contributed by atoms with Crippen LogP contribution in [0.2, 0.25) is 5.02 Å². The van der Waals surface area contributed by atoms with Crippen molar-refractivity contribution in [3.8, 4) is 11.5 Å². The third-order valence-electron chi connectivity index (χ3n) is 5.33. The van der Waals surface area contributed by atoms with Gasteiger partial charge in [0.2, 0.25) is 0 Å². The Kier molecular flexibility index (Phi) is 3.94. The second-order valence-electron chi connectivity index (χ2n) is 7.31. The molecule has 6 heteroatoms. The zero-order chi connectivity index (χ0) is 17.6. The number of rotatable bonds is 4. The van der Waals surface area contributed by atoms with Crippen molar-refractivity contribution < 1.29 is 9.47 Å². The maximum Gasteiger partial charge on any atom is 0.295 e. The minimum absolute atomic E-state index is 0.618. The first-order valence-electron chi connectivity index (χ1n) is 9.32. The normalized spacial score (nSPS) is 24.7. The van der Waals surface area contributed by atoms with Crippen LogP contribution in [0.15, 0.2) is 36.5 Å². The number of benzene rings is 1. The Morgan fingerprint density at radius 1 is 1.15 bits per heavy atom. The van der Waals surface area contributed by atoms with Gasteiger partial charge < -0.3 is 19.7 Å². The molecule has 1 atom stereocenters. The van der Waals surface area contributed by atoms with Gasteiger partial charge in [0.1, 0.15) is 5.69 Å². The van der Waals surface area contributed by atoms with E-state index in [1.807, 2.05) is 24.3 Å². The average molecular weight is 372 g/mol. The predicted molar refractivity (Wildman–Crippen MR) is 101 cm³/mol. The molecular weight excluding hydrogens is 350 g/mol. The van der Waals surface area contributed by atoms with Crippen LogP contribution in [0.3, 0.4) is 0 Å². The molecule has 1 N–H and O–H groups in total. The summed E-state index contributed by atoms with van der Waals surface area (Å²) in [6.07, 6.45) is 4.93. The monoisotopic (exact) mass is 371 g/mol. The maximum atomic E-state index is 6.57. The number of aromatic nitrogens is 1. The molecule has 1 unspecified atom stereocenters. The number of fused-ring (bicyclic) bond motifs is 1. The van der Waals surface area contributed by atoms with Crippen LogP contribution in [0.1, 0.15) is 25.0 Å².